The third-order valence-corrected chi connectivity index (χ3v) is 3.11. The van der Waals surface area contributed by atoms with Crippen molar-refractivity contribution in [2.75, 3.05) is 19.5 Å². The molecular weight excluding hydrogens is 270 g/mol. The molecule has 0 aliphatic carbocycles. The number of carbonyl (C=O) groups is 1. The summed E-state index contributed by atoms with van der Waals surface area (Å²) in [5.41, 5.74) is 6.10. The van der Waals surface area contributed by atoms with E-state index in [1.807, 2.05) is 30.3 Å². The molecule has 6 heteroatoms. The maximum Gasteiger partial charge on any atom is 0.360 e. The standard InChI is InChI=1S/C15H19N3O3/c1-11-17-13(15(19)20-2)14(16)18(11)9-6-10-21-12-7-4-3-5-8-12/h3-5,7-8H,6,9-10,16H2,1-2H3. The number of benzene rings is 1. The molecule has 0 fully saturated rings. The van der Waals surface area contributed by atoms with Crippen LogP contribution in [0.2, 0.25) is 0 Å². The van der Waals surface area contributed by atoms with Crippen LogP contribution < -0.4 is 10.5 Å². The molecule has 0 saturated heterocycles. The Morgan fingerprint density at radius 3 is 2.71 bits per heavy atom. The number of ether oxygens (including phenoxy) is 2. The highest BCUT2D eigenvalue weighted by Gasteiger charge is 2.18. The topological polar surface area (TPSA) is 79.4 Å². The zero-order chi connectivity index (χ0) is 15.2. The van der Waals surface area contributed by atoms with Crippen molar-refractivity contribution in [2.24, 2.45) is 0 Å². The van der Waals surface area contributed by atoms with Gasteiger partial charge in [0.25, 0.3) is 0 Å². The zero-order valence-corrected chi connectivity index (χ0v) is 12.2. The summed E-state index contributed by atoms with van der Waals surface area (Å²) in [6.07, 6.45) is 0.761. The van der Waals surface area contributed by atoms with E-state index in [4.69, 9.17) is 10.5 Å². The van der Waals surface area contributed by atoms with Gasteiger partial charge in [-0.15, -0.1) is 0 Å². The summed E-state index contributed by atoms with van der Waals surface area (Å²) < 4.78 is 12.1. The first-order chi connectivity index (χ1) is 10.1. The van der Waals surface area contributed by atoms with Crippen molar-refractivity contribution in [3.05, 3.63) is 41.9 Å². The fourth-order valence-corrected chi connectivity index (χ4v) is 2.04. The molecule has 0 radical (unpaired) electrons. The summed E-state index contributed by atoms with van der Waals surface area (Å²) in [6, 6.07) is 9.61. The molecule has 1 heterocycles. The van der Waals surface area contributed by atoms with Gasteiger partial charge in [-0.2, -0.15) is 0 Å². The number of rotatable bonds is 6. The second kappa shape index (κ2) is 6.78. The van der Waals surface area contributed by atoms with Crippen LogP contribution in [0.4, 0.5) is 5.82 Å². The normalized spacial score (nSPS) is 10.4. The van der Waals surface area contributed by atoms with E-state index in [0.29, 0.717) is 24.8 Å². The van der Waals surface area contributed by atoms with Crippen LogP contribution in [0.25, 0.3) is 0 Å². The lowest BCUT2D eigenvalue weighted by Gasteiger charge is -2.09. The molecule has 0 saturated carbocycles. The number of hydrogen-bond donors (Lipinski definition) is 1. The first-order valence-electron chi connectivity index (χ1n) is 6.72. The van der Waals surface area contributed by atoms with Gasteiger partial charge in [-0.25, -0.2) is 9.78 Å². The molecule has 2 rings (SSSR count). The minimum atomic E-state index is -0.519. The molecule has 0 aliphatic rings. The van der Waals surface area contributed by atoms with Crippen molar-refractivity contribution >= 4 is 11.8 Å². The number of aromatic nitrogens is 2. The van der Waals surface area contributed by atoms with Crippen LogP contribution in [0.5, 0.6) is 5.75 Å². The lowest BCUT2D eigenvalue weighted by Crippen LogP contribution is -2.10. The predicted octanol–water partition coefficient (Wildman–Crippen LogP) is 2.03. The highest BCUT2D eigenvalue weighted by Crippen LogP contribution is 2.16. The first-order valence-corrected chi connectivity index (χ1v) is 6.72. The number of nitrogen functional groups attached to an aromatic ring is 1. The van der Waals surface area contributed by atoms with E-state index >= 15 is 0 Å². The fourth-order valence-electron chi connectivity index (χ4n) is 2.04. The minimum Gasteiger partial charge on any atom is -0.494 e. The van der Waals surface area contributed by atoms with E-state index in [-0.39, 0.29) is 5.69 Å². The largest absolute Gasteiger partial charge is 0.494 e. The van der Waals surface area contributed by atoms with Crippen LogP contribution in [0, 0.1) is 6.92 Å². The Kier molecular flexibility index (Phi) is 4.81. The summed E-state index contributed by atoms with van der Waals surface area (Å²) in [5, 5.41) is 0. The molecule has 112 valence electrons. The van der Waals surface area contributed by atoms with Gasteiger partial charge < -0.3 is 19.8 Å². The average Bonchev–Trinajstić information content (AvgIpc) is 2.79. The van der Waals surface area contributed by atoms with Gasteiger partial charge in [0.1, 0.15) is 17.4 Å². The number of aryl methyl sites for hydroxylation is 1. The smallest absolute Gasteiger partial charge is 0.360 e. The SMILES string of the molecule is COC(=O)c1nc(C)n(CCCOc2ccccc2)c1N. The molecule has 21 heavy (non-hydrogen) atoms. The molecule has 2 N–H and O–H groups in total. The summed E-state index contributed by atoms with van der Waals surface area (Å²) in [7, 11) is 1.31. The third-order valence-electron chi connectivity index (χ3n) is 3.11. The van der Waals surface area contributed by atoms with Crippen LogP contribution in [0.15, 0.2) is 30.3 Å². The van der Waals surface area contributed by atoms with E-state index in [2.05, 4.69) is 9.72 Å². The van der Waals surface area contributed by atoms with Gasteiger partial charge in [0.15, 0.2) is 5.69 Å². The number of anilines is 1. The Hall–Kier alpha value is -2.50. The molecular formula is C15H19N3O3. The van der Waals surface area contributed by atoms with Crippen molar-refractivity contribution in [3.8, 4) is 5.75 Å². The molecule has 1 aromatic carbocycles. The van der Waals surface area contributed by atoms with E-state index in [9.17, 15) is 4.79 Å². The fraction of sp³-hybridized carbons (Fsp3) is 0.333. The number of nitrogens with two attached hydrogens (primary N) is 1. The monoisotopic (exact) mass is 289 g/mol. The molecule has 0 aliphatic heterocycles. The first kappa shape index (κ1) is 14.9. The Labute approximate surface area is 123 Å². The molecule has 6 nitrogen and oxygen atoms in total. The Morgan fingerprint density at radius 2 is 2.05 bits per heavy atom. The Balaban J connectivity index is 1.91. The van der Waals surface area contributed by atoms with Crippen LogP contribution in [-0.2, 0) is 11.3 Å². The number of methoxy groups -OCH3 is 1. The van der Waals surface area contributed by atoms with Crippen LogP contribution in [-0.4, -0.2) is 29.2 Å². The lowest BCUT2D eigenvalue weighted by molar-refractivity contribution is 0.0595. The molecule has 0 spiro atoms. The third kappa shape index (κ3) is 3.53. The van der Waals surface area contributed by atoms with Gasteiger partial charge >= 0.3 is 5.97 Å². The number of nitrogens with zero attached hydrogens (tertiary/aromatic N) is 2. The number of hydrogen-bond acceptors (Lipinski definition) is 5. The molecule has 1 aromatic heterocycles. The summed E-state index contributed by atoms with van der Waals surface area (Å²) in [4.78, 5) is 15.7. The van der Waals surface area contributed by atoms with E-state index in [1.54, 1.807) is 11.5 Å². The number of para-hydroxylation sites is 1. The Morgan fingerprint density at radius 1 is 1.33 bits per heavy atom. The van der Waals surface area contributed by atoms with Gasteiger partial charge in [0, 0.05) is 6.54 Å². The predicted molar refractivity (Wildman–Crippen MR) is 79.3 cm³/mol. The van der Waals surface area contributed by atoms with Crippen LogP contribution in [0.1, 0.15) is 22.7 Å². The molecule has 0 bridgehead atoms. The average molecular weight is 289 g/mol. The van der Waals surface area contributed by atoms with Gasteiger partial charge in [-0.1, -0.05) is 18.2 Å². The van der Waals surface area contributed by atoms with Crippen LogP contribution in [0.3, 0.4) is 0 Å². The maximum absolute atomic E-state index is 11.5. The summed E-state index contributed by atoms with van der Waals surface area (Å²) in [5.74, 6) is 1.34. The highest BCUT2D eigenvalue weighted by atomic mass is 16.5. The van der Waals surface area contributed by atoms with Crippen molar-refractivity contribution in [2.45, 2.75) is 19.9 Å². The minimum absolute atomic E-state index is 0.166. The van der Waals surface area contributed by atoms with Crippen molar-refractivity contribution in [1.82, 2.24) is 9.55 Å². The van der Waals surface area contributed by atoms with Crippen LogP contribution >= 0.6 is 0 Å². The molecule has 0 amide bonds. The number of carbonyl (C=O) groups excluding carboxylic acids is 1. The maximum atomic E-state index is 11.5. The van der Waals surface area contributed by atoms with Crippen molar-refractivity contribution < 1.29 is 14.3 Å². The molecule has 0 unspecified atom stereocenters. The van der Waals surface area contributed by atoms with E-state index in [0.717, 1.165) is 12.2 Å². The number of imidazole rings is 1. The highest BCUT2D eigenvalue weighted by molar-refractivity contribution is 5.92. The molecule has 2 aromatic rings. The Bertz CT molecular complexity index is 608. The van der Waals surface area contributed by atoms with Gasteiger partial charge in [-0.3, -0.25) is 0 Å². The second-order valence-electron chi connectivity index (χ2n) is 4.55. The van der Waals surface area contributed by atoms with Crippen molar-refractivity contribution in [3.63, 3.8) is 0 Å². The van der Waals surface area contributed by atoms with Gasteiger partial charge in [0.2, 0.25) is 0 Å². The quantitative estimate of drug-likeness (QED) is 0.650. The van der Waals surface area contributed by atoms with Crippen molar-refractivity contribution in [1.29, 1.82) is 0 Å². The summed E-state index contributed by atoms with van der Waals surface area (Å²) >= 11 is 0. The van der Waals surface area contributed by atoms with E-state index < -0.39 is 5.97 Å². The summed E-state index contributed by atoms with van der Waals surface area (Å²) in [6.45, 7) is 3.00. The van der Waals surface area contributed by atoms with E-state index in [1.165, 1.54) is 7.11 Å². The lowest BCUT2D eigenvalue weighted by atomic mass is 10.3. The van der Waals surface area contributed by atoms with Gasteiger partial charge in [-0.05, 0) is 25.5 Å². The second-order valence-corrected chi connectivity index (χ2v) is 4.55. The zero-order valence-electron chi connectivity index (χ0n) is 12.2. The van der Waals surface area contributed by atoms with Gasteiger partial charge in [0.05, 0.1) is 13.7 Å². The number of esters is 1. The molecule has 0 atom stereocenters.